The van der Waals surface area contributed by atoms with Gasteiger partial charge in [-0.1, -0.05) is 29.5 Å². The molecule has 0 bridgehead atoms. The van der Waals surface area contributed by atoms with Crippen LogP contribution in [0.15, 0.2) is 58.9 Å². The Balaban J connectivity index is 1.47. The molecule has 1 aliphatic heterocycles. The Morgan fingerprint density at radius 2 is 1.87 bits per heavy atom. The van der Waals surface area contributed by atoms with E-state index in [1.807, 2.05) is 0 Å². The molecule has 1 aromatic carbocycles. The third-order valence-corrected chi connectivity index (χ3v) is 7.01. The second-order valence-corrected chi connectivity index (χ2v) is 9.33. The van der Waals surface area contributed by atoms with Crippen LogP contribution in [0, 0.1) is 5.13 Å². The summed E-state index contributed by atoms with van der Waals surface area (Å²) in [5, 5.41) is 1.57. The summed E-state index contributed by atoms with van der Waals surface area (Å²) in [5.74, 6) is -0.881. The van der Waals surface area contributed by atoms with Gasteiger partial charge < -0.3 is 5.32 Å². The Labute approximate surface area is 179 Å². The van der Waals surface area contributed by atoms with E-state index in [0.29, 0.717) is 22.5 Å². The van der Waals surface area contributed by atoms with E-state index < -0.39 is 33.0 Å². The van der Waals surface area contributed by atoms with Crippen LogP contribution in [-0.2, 0) is 21.2 Å². The van der Waals surface area contributed by atoms with Gasteiger partial charge in [0.25, 0.3) is 15.9 Å². The van der Waals surface area contributed by atoms with E-state index in [1.54, 1.807) is 29.0 Å². The molecule has 0 atom stereocenters. The number of rotatable bonds is 4. The topological polar surface area (TPSA) is 126 Å². The van der Waals surface area contributed by atoms with Crippen LogP contribution in [-0.4, -0.2) is 31.2 Å². The van der Waals surface area contributed by atoms with E-state index >= 15 is 0 Å². The van der Waals surface area contributed by atoms with E-state index in [4.69, 9.17) is 0 Å². The van der Waals surface area contributed by atoms with Crippen LogP contribution < -0.4 is 14.9 Å². The van der Waals surface area contributed by atoms with Gasteiger partial charge in [0.2, 0.25) is 5.91 Å². The smallest absolute Gasteiger partial charge is 0.306 e. The number of imide groups is 1. The van der Waals surface area contributed by atoms with Gasteiger partial charge in [0.05, 0.1) is 18.3 Å². The van der Waals surface area contributed by atoms with Crippen molar-refractivity contribution in [2.45, 2.75) is 10.6 Å². The summed E-state index contributed by atoms with van der Waals surface area (Å²) in [5.41, 5.74) is 1.15. The molecule has 1 aliphatic rings. The second kappa shape index (κ2) is 7.89. The Kier molecular flexibility index (Phi) is 5.25. The number of halogens is 1. The molecule has 0 unspecified atom stereocenters. The van der Waals surface area contributed by atoms with E-state index in [-0.39, 0.29) is 22.1 Å². The number of hydrogen-bond donors (Lipinski definition) is 2. The number of hydrogen-bond acceptors (Lipinski definition) is 7. The highest BCUT2D eigenvalue weighted by Gasteiger charge is 2.32. The van der Waals surface area contributed by atoms with Crippen molar-refractivity contribution in [1.82, 2.24) is 9.71 Å². The molecule has 31 heavy (non-hydrogen) atoms. The molecule has 3 aromatic rings. The number of nitrogens with one attached hydrogen (secondary N) is 2. The van der Waals surface area contributed by atoms with Crippen molar-refractivity contribution in [2.75, 3.05) is 10.2 Å². The summed E-state index contributed by atoms with van der Waals surface area (Å²) >= 11 is 0.377. The zero-order valence-electron chi connectivity index (χ0n) is 15.5. The van der Waals surface area contributed by atoms with Crippen molar-refractivity contribution < 1.29 is 27.2 Å². The lowest BCUT2D eigenvalue weighted by Crippen LogP contribution is -2.42. The van der Waals surface area contributed by atoms with Gasteiger partial charge in [-0.2, -0.15) is 4.39 Å². The van der Waals surface area contributed by atoms with Gasteiger partial charge >= 0.3 is 6.03 Å². The average Bonchev–Trinajstić information content (AvgIpc) is 3.16. The average molecular weight is 460 g/mol. The third kappa shape index (κ3) is 4.15. The maximum atomic E-state index is 13.0. The minimum atomic E-state index is -4.23. The predicted octanol–water partition coefficient (Wildman–Crippen LogP) is 2.52. The zero-order valence-corrected chi connectivity index (χ0v) is 17.2. The molecule has 4 rings (SSSR count). The number of urea groups is 1. The highest BCUT2D eigenvalue weighted by Crippen LogP contribution is 2.25. The summed E-state index contributed by atoms with van der Waals surface area (Å²) in [6.07, 6.45) is 1.22. The van der Waals surface area contributed by atoms with Gasteiger partial charge in [0, 0.05) is 5.56 Å². The van der Waals surface area contributed by atoms with Crippen molar-refractivity contribution in [3.8, 4) is 0 Å². The minimum absolute atomic E-state index is 0.0488. The molecule has 0 aliphatic carbocycles. The number of thiophene rings is 1. The van der Waals surface area contributed by atoms with Gasteiger partial charge in [-0.25, -0.2) is 27.8 Å². The normalized spacial score (nSPS) is 13.6. The first-order chi connectivity index (χ1) is 14.7. The molecule has 2 aromatic heterocycles. The number of sulfonamides is 1. The molecule has 12 heteroatoms. The van der Waals surface area contributed by atoms with Crippen LogP contribution in [0.2, 0.25) is 0 Å². The fraction of sp³-hybridized carbons (Fsp3) is 0.0526. The Hall–Kier alpha value is -3.64. The number of nitrogens with zero attached hydrogens (tertiary/aromatic N) is 2. The maximum absolute atomic E-state index is 13.0. The zero-order chi connectivity index (χ0) is 22.2. The quantitative estimate of drug-likeness (QED) is 0.577. The number of carbonyl (C=O) groups is 3. The lowest BCUT2D eigenvalue weighted by atomic mass is 9.98. The van der Waals surface area contributed by atoms with Crippen LogP contribution in [0.3, 0.4) is 0 Å². The number of anilines is 2. The van der Waals surface area contributed by atoms with Gasteiger partial charge in [0.1, 0.15) is 10.0 Å². The van der Waals surface area contributed by atoms with Gasteiger partial charge in [-0.05, 0) is 35.9 Å². The van der Waals surface area contributed by atoms with Gasteiger partial charge in [0.15, 0.2) is 5.13 Å². The maximum Gasteiger partial charge on any atom is 0.333 e. The molecular formula is C19H13FN4O5S2. The predicted molar refractivity (Wildman–Crippen MR) is 110 cm³/mol. The van der Waals surface area contributed by atoms with Crippen LogP contribution in [0.5, 0.6) is 0 Å². The molecule has 0 saturated heterocycles. The first-order valence-corrected chi connectivity index (χ1v) is 11.0. The summed E-state index contributed by atoms with van der Waals surface area (Å²) in [6, 6.07) is 10.4. The summed E-state index contributed by atoms with van der Waals surface area (Å²) in [6.45, 7) is 0. The van der Waals surface area contributed by atoms with Crippen LogP contribution in [0.25, 0.3) is 0 Å². The van der Waals surface area contributed by atoms with E-state index in [9.17, 15) is 27.2 Å². The van der Waals surface area contributed by atoms with Crippen LogP contribution in [0.4, 0.5) is 20.7 Å². The lowest BCUT2D eigenvalue weighted by Gasteiger charge is -2.25. The number of pyridine rings is 1. The Morgan fingerprint density at radius 1 is 1.10 bits per heavy atom. The van der Waals surface area contributed by atoms with E-state index in [2.05, 4.69) is 10.3 Å². The van der Waals surface area contributed by atoms with E-state index in [0.717, 1.165) is 17.0 Å². The molecule has 0 saturated carbocycles. The van der Waals surface area contributed by atoms with Crippen molar-refractivity contribution in [3.63, 3.8) is 0 Å². The second-order valence-electron chi connectivity index (χ2n) is 6.39. The van der Waals surface area contributed by atoms with Gasteiger partial charge in [-0.3, -0.25) is 9.59 Å². The fourth-order valence-corrected chi connectivity index (χ4v) is 4.86. The highest BCUT2D eigenvalue weighted by atomic mass is 32.2. The van der Waals surface area contributed by atoms with Crippen molar-refractivity contribution >= 4 is 50.7 Å². The first kappa shape index (κ1) is 20.6. The molecule has 0 radical (unpaired) electrons. The molecule has 2 N–H and O–H groups in total. The van der Waals surface area contributed by atoms with Crippen LogP contribution in [0.1, 0.15) is 15.9 Å². The molecule has 158 valence electrons. The standard InChI is InChI=1S/C19H13FN4O5S2/c20-14-6-8-17(30-14)31(28,29)23-19(27)22-12-5-7-15(21-10-12)24-16(25)9-11-3-1-2-4-13(11)18(24)26/h1-8,10H,9H2,(H2,22,23,27). The number of aromatic nitrogens is 1. The minimum Gasteiger partial charge on any atom is -0.306 e. The monoisotopic (exact) mass is 460 g/mol. The molecule has 9 nitrogen and oxygen atoms in total. The third-order valence-electron chi connectivity index (χ3n) is 4.32. The SMILES string of the molecule is O=C(Nc1ccc(N2C(=O)Cc3ccccc3C2=O)nc1)NS(=O)(=O)c1ccc(F)s1. The molecule has 0 fully saturated rings. The highest BCUT2D eigenvalue weighted by molar-refractivity contribution is 7.92. The molecule has 0 spiro atoms. The van der Waals surface area contributed by atoms with Crippen LogP contribution >= 0.6 is 11.3 Å². The Morgan fingerprint density at radius 3 is 2.55 bits per heavy atom. The van der Waals surface area contributed by atoms with Crippen molar-refractivity contribution in [1.29, 1.82) is 0 Å². The first-order valence-electron chi connectivity index (χ1n) is 8.75. The summed E-state index contributed by atoms with van der Waals surface area (Å²) in [4.78, 5) is 42.1. The Bertz CT molecular complexity index is 1300. The number of benzene rings is 1. The number of carbonyl (C=O) groups excluding carboxylic acids is 3. The summed E-state index contributed by atoms with van der Waals surface area (Å²) in [7, 11) is -4.23. The largest absolute Gasteiger partial charge is 0.333 e. The van der Waals surface area contributed by atoms with Crippen molar-refractivity contribution in [3.05, 3.63) is 71.0 Å². The van der Waals surface area contributed by atoms with E-state index in [1.165, 1.54) is 18.3 Å². The molecule has 4 amide bonds. The lowest BCUT2D eigenvalue weighted by molar-refractivity contribution is -0.117. The number of amides is 4. The fourth-order valence-electron chi connectivity index (χ4n) is 2.95. The summed E-state index contributed by atoms with van der Waals surface area (Å²) < 4.78 is 38.6. The number of fused-ring (bicyclic) bond motifs is 1. The van der Waals surface area contributed by atoms with Crippen molar-refractivity contribution in [2.24, 2.45) is 0 Å². The molecule has 3 heterocycles. The molecular weight excluding hydrogens is 447 g/mol. The van der Waals surface area contributed by atoms with Gasteiger partial charge in [-0.15, -0.1) is 0 Å².